The molecule has 2 atom stereocenters. The lowest BCUT2D eigenvalue weighted by Gasteiger charge is -2.19. The summed E-state index contributed by atoms with van der Waals surface area (Å²) in [6.45, 7) is 6.27. The van der Waals surface area contributed by atoms with E-state index >= 15 is 0 Å². The molecule has 1 aliphatic rings. The van der Waals surface area contributed by atoms with Crippen molar-refractivity contribution in [3.63, 3.8) is 0 Å². The van der Waals surface area contributed by atoms with Gasteiger partial charge in [0.05, 0.1) is 12.2 Å². The molecule has 0 spiro atoms. The van der Waals surface area contributed by atoms with Crippen molar-refractivity contribution < 1.29 is 4.74 Å². The fourth-order valence-corrected chi connectivity index (χ4v) is 1.73. The molecular weight excluding hydrogens is 164 g/mol. The molecule has 0 aromatic carbocycles. The topological polar surface area (TPSA) is 38.5 Å². The van der Waals surface area contributed by atoms with E-state index in [0.717, 1.165) is 25.9 Å². The van der Waals surface area contributed by atoms with Crippen LogP contribution < -0.4 is 5.73 Å². The standard InChI is InChI=1S/C10H20N2O/c1-3-6-12(2)8-10-5-4-9(7-11)13-10/h3,9-10H,1,4-8,11H2,2H3. The molecule has 76 valence electrons. The zero-order valence-electron chi connectivity index (χ0n) is 8.41. The van der Waals surface area contributed by atoms with Crippen LogP contribution >= 0.6 is 0 Å². The number of hydrogen-bond donors (Lipinski definition) is 1. The van der Waals surface area contributed by atoms with Gasteiger partial charge < -0.3 is 15.4 Å². The van der Waals surface area contributed by atoms with Crippen LogP contribution in [0.4, 0.5) is 0 Å². The third kappa shape index (κ3) is 3.46. The van der Waals surface area contributed by atoms with Crippen LogP contribution in [0.3, 0.4) is 0 Å². The lowest BCUT2D eigenvalue weighted by Crippen LogP contribution is -2.30. The second-order valence-corrected chi connectivity index (χ2v) is 3.70. The maximum Gasteiger partial charge on any atom is 0.0707 e. The van der Waals surface area contributed by atoms with Crippen molar-refractivity contribution in [1.29, 1.82) is 0 Å². The predicted octanol–water partition coefficient (Wildman–Crippen LogP) is 0.611. The van der Waals surface area contributed by atoms with Crippen LogP contribution in [0.2, 0.25) is 0 Å². The van der Waals surface area contributed by atoms with Crippen LogP contribution in [0.1, 0.15) is 12.8 Å². The number of likely N-dealkylation sites (N-methyl/N-ethyl adjacent to an activating group) is 1. The molecule has 1 heterocycles. The van der Waals surface area contributed by atoms with Crippen molar-refractivity contribution in [1.82, 2.24) is 4.90 Å². The predicted molar refractivity (Wildman–Crippen MR) is 54.6 cm³/mol. The normalized spacial score (nSPS) is 28.2. The summed E-state index contributed by atoms with van der Waals surface area (Å²) in [6.07, 6.45) is 4.84. The number of hydrogen-bond acceptors (Lipinski definition) is 3. The van der Waals surface area contributed by atoms with Crippen LogP contribution in [0.25, 0.3) is 0 Å². The van der Waals surface area contributed by atoms with Crippen molar-refractivity contribution in [2.45, 2.75) is 25.0 Å². The van der Waals surface area contributed by atoms with Crippen LogP contribution in [-0.4, -0.2) is 43.8 Å². The molecule has 3 nitrogen and oxygen atoms in total. The Morgan fingerprint density at radius 1 is 1.54 bits per heavy atom. The molecule has 2 unspecified atom stereocenters. The summed E-state index contributed by atoms with van der Waals surface area (Å²) < 4.78 is 5.73. The number of rotatable bonds is 5. The largest absolute Gasteiger partial charge is 0.372 e. The first kappa shape index (κ1) is 10.7. The fraction of sp³-hybridized carbons (Fsp3) is 0.800. The van der Waals surface area contributed by atoms with Crippen molar-refractivity contribution in [2.24, 2.45) is 5.73 Å². The Balaban J connectivity index is 2.19. The molecule has 13 heavy (non-hydrogen) atoms. The van der Waals surface area contributed by atoms with Gasteiger partial charge in [-0.25, -0.2) is 0 Å². The highest BCUT2D eigenvalue weighted by atomic mass is 16.5. The molecule has 1 rings (SSSR count). The van der Waals surface area contributed by atoms with E-state index in [4.69, 9.17) is 10.5 Å². The van der Waals surface area contributed by atoms with Gasteiger partial charge in [-0.3, -0.25) is 0 Å². The third-order valence-corrected chi connectivity index (χ3v) is 2.41. The van der Waals surface area contributed by atoms with Gasteiger partial charge in [0.2, 0.25) is 0 Å². The first-order chi connectivity index (χ1) is 6.26. The van der Waals surface area contributed by atoms with E-state index in [1.807, 2.05) is 6.08 Å². The van der Waals surface area contributed by atoms with Crippen LogP contribution in [0.5, 0.6) is 0 Å². The summed E-state index contributed by atoms with van der Waals surface area (Å²) in [4.78, 5) is 2.22. The van der Waals surface area contributed by atoms with Gasteiger partial charge in [-0.1, -0.05) is 6.08 Å². The highest BCUT2D eigenvalue weighted by molar-refractivity contribution is 4.78. The van der Waals surface area contributed by atoms with Crippen LogP contribution in [-0.2, 0) is 4.74 Å². The number of nitrogens with two attached hydrogens (primary N) is 1. The maximum absolute atomic E-state index is 5.73. The second-order valence-electron chi connectivity index (χ2n) is 3.70. The van der Waals surface area contributed by atoms with E-state index < -0.39 is 0 Å². The Labute approximate surface area is 80.5 Å². The van der Waals surface area contributed by atoms with E-state index in [1.165, 1.54) is 0 Å². The SMILES string of the molecule is C=CCN(C)CC1CCC(CN)O1. The Morgan fingerprint density at radius 2 is 2.23 bits per heavy atom. The molecule has 1 saturated heterocycles. The van der Waals surface area contributed by atoms with Gasteiger partial charge in [0, 0.05) is 19.6 Å². The zero-order valence-corrected chi connectivity index (χ0v) is 8.41. The van der Waals surface area contributed by atoms with Crippen molar-refractivity contribution in [2.75, 3.05) is 26.7 Å². The molecule has 0 saturated carbocycles. The Bertz CT molecular complexity index is 161. The molecular formula is C10H20N2O. The molecule has 1 fully saturated rings. The fourth-order valence-electron chi connectivity index (χ4n) is 1.73. The van der Waals surface area contributed by atoms with Crippen molar-refractivity contribution >= 4 is 0 Å². The quantitative estimate of drug-likeness (QED) is 0.636. The Kier molecular flexibility index (Phi) is 4.42. The van der Waals surface area contributed by atoms with Crippen LogP contribution in [0.15, 0.2) is 12.7 Å². The lowest BCUT2D eigenvalue weighted by atomic mass is 10.2. The van der Waals surface area contributed by atoms with Crippen molar-refractivity contribution in [3.05, 3.63) is 12.7 Å². The van der Waals surface area contributed by atoms with E-state index in [-0.39, 0.29) is 0 Å². The van der Waals surface area contributed by atoms with Gasteiger partial charge >= 0.3 is 0 Å². The van der Waals surface area contributed by atoms with E-state index in [2.05, 4.69) is 18.5 Å². The minimum atomic E-state index is 0.294. The summed E-state index contributed by atoms with van der Waals surface area (Å²) in [6, 6.07) is 0. The second kappa shape index (κ2) is 5.37. The number of nitrogens with zero attached hydrogens (tertiary/aromatic N) is 1. The molecule has 2 N–H and O–H groups in total. The first-order valence-electron chi connectivity index (χ1n) is 4.91. The molecule has 1 aliphatic heterocycles. The molecule has 0 bridgehead atoms. The number of ether oxygens (including phenoxy) is 1. The maximum atomic E-state index is 5.73. The van der Waals surface area contributed by atoms with Gasteiger partial charge in [0.1, 0.15) is 0 Å². The summed E-state index contributed by atoms with van der Waals surface area (Å²) in [5, 5.41) is 0. The summed E-state index contributed by atoms with van der Waals surface area (Å²) in [5.41, 5.74) is 5.53. The van der Waals surface area contributed by atoms with E-state index in [0.29, 0.717) is 18.8 Å². The summed E-state index contributed by atoms with van der Waals surface area (Å²) in [5.74, 6) is 0. The highest BCUT2D eigenvalue weighted by Gasteiger charge is 2.24. The molecule has 0 radical (unpaired) electrons. The van der Waals surface area contributed by atoms with Gasteiger partial charge in [-0.2, -0.15) is 0 Å². The summed E-state index contributed by atoms with van der Waals surface area (Å²) in [7, 11) is 2.08. The zero-order chi connectivity index (χ0) is 9.68. The molecule has 0 aromatic rings. The monoisotopic (exact) mass is 184 g/mol. The van der Waals surface area contributed by atoms with Gasteiger partial charge in [0.25, 0.3) is 0 Å². The average molecular weight is 184 g/mol. The average Bonchev–Trinajstić information content (AvgIpc) is 2.52. The van der Waals surface area contributed by atoms with Gasteiger partial charge in [0.15, 0.2) is 0 Å². The van der Waals surface area contributed by atoms with Gasteiger partial charge in [-0.15, -0.1) is 6.58 Å². The lowest BCUT2D eigenvalue weighted by molar-refractivity contribution is 0.0337. The van der Waals surface area contributed by atoms with Gasteiger partial charge in [-0.05, 0) is 19.9 Å². The minimum Gasteiger partial charge on any atom is -0.372 e. The van der Waals surface area contributed by atoms with E-state index in [1.54, 1.807) is 0 Å². The molecule has 3 heteroatoms. The first-order valence-corrected chi connectivity index (χ1v) is 4.91. The minimum absolute atomic E-state index is 0.294. The molecule has 0 aliphatic carbocycles. The Hall–Kier alpha value is -0.380. The van der Waals surface area contributed by atoms with Crippen LogP contribution in [0, 0.1) is 0 Å². The Morgan fingerprint density at radius 3 is 2.77 bits per heavy atom. The third-order valence-electron chi connectivity index (χ3n) is 2.41. The molecule has 0 aromatic heterocycles. The smallest absolute Gasteiger partial charge is 0.0707 e. The van der Waals surface area contributed by atoms with E-state index in [9.17, 15) is 0 Å². The summed E-state index contributed by atoms with van der Waals surface area (Å²) >= 11 is 0. The highest BCUT2D eigenvalue weighted by Crippen LogP contribution is 2.19. The van der Waals surface area contributed by atoms with Crippen molar-refractivity contribution in [3.8, 4) is 0 Å². The molecule has 0 amide bonds.